The maximum atomic E-state index is 13.9. The number of para-hydroxylation sites is 1. The van der Waals surface area contributed by atoms with Crippen LogP contribution < -0.4 is 4.74 Å². The van der Waals surface area contributed by atoms with Crippen molar-refractivity contribution in [3.05, 3.63) is 64.1 Å². The third-order valence-electron chi connectivity index (χ3n) is 2.49. The fourth-order valence-corrected chi connectivity index (χ4v) is 1.94. The molecular formula is C15H9BrF2O3. The van der Waals surface area contributed by atoms with Crippen molar-refractivity contribution in [1.29, 1.82) is 0 Å². The molecule has 0 aliphatic rings. The van der Waals surface area contributed by atoms with Crippen molar-refractivity contribution in [3.8, 4) is 11.5 Å². The zero-order valence-corrected chi connectivity index (χ0v) is 12.1. The lowest BCUT2D eigenvalue weighted by Gasteiger charge is -2.10. The second kappa shape index (κ2) is 6.49. The van der Waals surface area contributed by atoms with Gasteiger partial charge in [0.2, 0.25) is 0 Å². The van der Waals surface area contributed by atoms with Gasteiger partial charge in [0.1, 0.15) is 5.75 Å². The van der Waals surface area contributed by atoms with E-state index < -0.39 is 23.4 Å². The quantitative estimate of drug-likeness (QED) is 0.815. The molecular weight excluding hydrogens is 346 g/mol. The van der Waals surface area contributed by atoms with Crippen LogP contribution in [0.5, 0.6) is 11.5 Å². The van der Waals surface area contributed by atoms with Crippen LogP contribution in [0.4, 0.5) is 8.78 Å². The van der Waals surface area contributed by atoms with Gasteiger partial charge in [-0.15, -0.1) is 0 Å². The number of carboxylic acid groups (broad SMARTS) is 1. The van der Waals surface area contributed by atoms with Gasteiger partial charge in [-0.2, -0.15) is 0 Å². The standard InChI is InChI=1S/C15H9BrF2O3/c16-10-3-1-2-4-13(10)21-15-11(17)7-9(8-12(15)18)5-6-14(19)20/h1-8H,(H,19,20). The molecule has 0 saturated carbocycles. The fourth-order valence-electron chi connectivity index (χ4n) is 1.58. The SMILES string of the molecule is O=C(O)C=Cc1cc(F)c(Oc2ccccc2Br)c(F)c1. The molecule has 0 bridgehead atoms. The Morgan fingerprint density at radius 1 is 1.19 bits per heavy atom. The molecule has 2 aromatic carbocycles. The molecule has 0 spiro atoms. The van der Waals surface area contributed by atoms with Crippen molar-refractivity contribution in [2.45, 2.75) is 0 Å². The monoisotopic (exact) mass is 354 g/mol. The molecule has 0 fully saturated rings. The molecule has 0 unspecified atom stereocenters. The largest absolute Gasteiger partial charge is 0.478 e. The Kier molecular flexibility index (Phi) is 4.70. The highest BCUT2D eigenvalue weighted by Crippen LogP contribution is 2.33. The summed E-state index contributed by atoms with van der Waals surface area (Å²) in [7, 11) is 0. The first-order valence-electron chi connectivity index (χ1n) is 5.80. The molecule has 108 valence electrons. The van der Waals surface area contributed by atoms with E-state index in [1.54, 1.807) is 24.3 Å². The summed E-state index contributed by atoms with van der Waals surface area (Å²) in [6.45, 7) is 0. The summed E-state index contributed by atoms with van der Waals surface area (Å²) in [6, 6.07) is 8.63. The van der Waals surface area contributed by atoms with Gasteiger partial charge >= 0.3 is 5.97 Å². The van der Waals surface area contributed by atoms with Gasteiger partial charge in [-0.1, -0.05) is 12.1 Å². The van der Waals surface area contributed by atoms with Crippen LogP contribution in [0.3, 0.4) is 0 Å². The van der Waals surface area contributed by atoms with Crippen LogP contribution in [0.2, 0.25) is 0 Å². The predicted octanol–water partition coefficient (Wildman–Crippen LogP) is 4.62. The second-order valence-electron chi connectivity index (χ2n) is 4.02. The number of hydrogen-bond acceptors (Lipinski definition) is 2. The average Bonchev–Trinajstić information content (AvgIpc) is 2.42. The van der Waals surface area contributed by atoms with Gasteiger partial charge in [-0.25, -0.2) is 13.6 Å². The molecule has 2 aromatic rings. The van der Waals surface area contributed by atoms with Crippen molar-refractivity contribution >= 4 is 28.0 Å². The smallest absolute Gasteiger partial charge is 0.328 e. The Balaban J connectivity index is 2.34. The summed E-state index contributed by atoms with van der Waals surface area (Å²) < 4.78 is 33.6. The first-order valence-corrected chi connectivity index (χ1v) is 6.59. The van der Waals surface area contributed by atoms with Crippen LogP contribution in [-0.2, 0) is 4.79 Å². The van der Waals surface area contributed by atoms with Crippen LogP contribution in [0.25, 0.3) is 6.08 Å². The molecule has 0 aromatic heterocycles. The summed E-state index contributed by atoms with van der Waals surface area (Å²) in [5, 5.41) is 8.49. The number of halogens is 3. The van der Waals surface area contributed by atoms with Crippen LogP contribution in [0.15, 0.2) is 46.9 Å². The van der Waals surface area contributed by atoms with Crippen molar-refractivity contribution in [3.63, 3.8) is 0 Å². The van der Waals surface area contributed by atoms with Gasteiger partial charge in [0, 0.05) is 6.08 Å². The molecule has 1 N–H and O–H groups in total. The van der Waals surface area contributed by atoms with E-state index in [9.17, 15) is 13.6 Å². The van der Waals surface area contributed by atoms with Crippen molar-refractivity contribution in [2.24, 2.45) is 0 Å². The number of hydrogen-bond donors (Lipinski definition) is 1. The highest BCUT2D eigenvalue weighted by atomic mass is 79.9. The number of carbonyl (C=O) groups is 1. The summed E-state index contributed by atoms with van der Waals surface area (Å²) >= 11 is 3.21. The molecule has 2 rings (SSSR count). The first-order chi connectivity index (χ1) is 9.97. The van der Waals surface area contributed by atoms with Crippen LogP contribution in [-0.4, -0.2) is 11.1 Å². The molecule has 0 saturated heterocycles. The van der Waals surface area contributed by atoms with E-state index >= 15 is 0 Å². The van der Waals surface area contributed by atoms with Crippen LogP contribution in [0.1, 0.15) is 5.56 Å². The number of carboxylic acids is 1. The van der Waals surface area contributed by atoms with E-state index in [4.69, 9.17) is 9.84 Å². The molecule has 0 aliphatic heterocycles. The lowest BCUT2D eigenvalue weighted by atomic mass is 10.2. The minimum atomic E-state index is -1.20. The highest BCUT2D eigenvalue weighted by Gasteiger charge is 2.14. The summed E-state index contributed by atoms with van der Waals surface area (Å²) in [5.74, 6) is -3.32. The number of ether oxygens (including phenoxy) is 1. The van der Waals surface area contributed by atoms with Crippen molar-refractivity contribution in [2.75, 3.05) is 0 Å². The summed E-state index contributed by atoms with van der Waals surface area (Å²) in [6.07, 6.45) is 1.89. The molecule has 21 heavy (non-hydrogen) atoms. The summed E-state index contributed by atoms with van der Waals surface area (Å²) in [5.41, 5.74) is 0.0897. The fraction of sp³-hybridized carbons (Fsp3) is 0. The molecule has 0 amide bonds. The molecule has 0 atom stereocenters. The zero-order valence-electron chi connectivity index (χ0n) is 10.5. The minimum Gasteiger partial charge on any atom is -0.478 e. The Labute approximate surface area is 127 Å². The molecule has 0 radical (unpaired) electrons. The van der Waals surface area contributed by atoms with Crippen LogP contribution >= 0.6 is 15.9 Å². The van der Waals surface area contributed by atoms with E-state index in [1.807, 2.05) is 0 Å². The Bertz CT molecular complexity index is 691. The molecule has 3 nitrogen and oxygen atoms in total. The molecule has 0 heterocycles. The average molecular weight is 355 g/mol. The number of rotatable bonds is 4. The van der Waals surface area contributed by atoms with E-state index in [1.165, 1.54) is 0 Å². The van der Waals surface area contributed by atoms with Crippen molar-refractivity contribution in [1.82, 2.24) is 0 Å². The van der Waals surface area contributed by atoms with Gasteiger partial charge in [-0.3, -0.25) is 0 Å². The normalized spacial score (nSPS) is 10.8. The Morgan fingerprint density at radius 2 is 1.81 bits per heavy atom. The topological polar surface area (TPSA) is 46.5 Å². The molecule has 0 aliphatic carbocycles. The lowest BCUT2D eigenvalue weighted by molar-refractivity contribution is -0.131. The number of aliphatic carboxylic acids is 1. The van der Waals surface area contributed by atoms with Gasteiger partial charge < -0.3 is 9.84 Å². The predicted molar refractivity (Wildman–Crippen MR) is 77.2 cm³/mol. The van der Waals surface area contributed by atoms with Gasteiger partial charge in [-0.05, 0) is 51.8 Å². The molecule has 6 heteroatoms. The Morgan fingerprint density at radius 3 is 2.38 bits per heavy atom. The van der Waals surface area contributed by atoms with Gasteiger partial charge in [0.05, 0.1) is 4.47 Å². The highest BCUT2D eigenvalue weighted by molar-refractivity contribution is 9.10. The first kappa shape index (κ1) is 15.2. The lowest BCUT2D eigenvalue weighted by Crippen LogP contribution is -1.95. The third kappa shape index (κ3) is 3.88. The van der Waals surface area contributed by atoms with E-state index in [0.717, 1.165) is 24.3 Å². The van der Waals surface area contributed by atoms with E-state index in [2.05, 4.69) is 15.9 Å². The maximum Gasteiger partial charge on any atom is 0.328 e. The maximum absolute atomic E-state index is 13.9. The van der Waals surface area contributed by atoms with Crippen LogP contribution in [0, 0.1) is 11.6 Å². The third-order valence-corrected chi connectivity index (χ3v) is 3.14. The van der Waals surface area contributed by atoms with Crippen molar-refractivity contribution < 1.29 is 23.4 Å². The minimum absolute atomic E-state index is 0.0897. The van der Waals surface area contributed by atoms with E-state index in [-0.39, 0.29) is 11.3 Å². The second-order valence-corrected chi connectivity index (χ2v) is 4.87. The van der Waals surface area contributed by atoms with Gasteiger partial charge in [0.15, 0.2) is 17.4 Å². The van der Waals surface area contributed by atoms with Gasteiger partial charge in [0.25, 0.3) is 0 Å². The van der Waals surface area contributed by atoms with E-state index in [0.29, 0.717) is 4.47 Å². The Hall–Kier alpha value is -2.21. The summed E-state index contributed by atoms with van der Waals surface area (Å²) in [4.78, 5) is 10.4. The number of benzene rings is 2. The zero-order chi connectivity index (χ0) is 15.4.